The number of halogens is 1. The maximum absolute atomic E-state index is 13.6. The van der Waals surface area contributed by atoms with Gasteiger partial charge in [-0.25, -0.2) is 8.42 Å². The second-order valence-electron chi connectivity index (χ2n) is 8.34. The predicted molar refractivity (Wildman–Crippen MR) is 140 cm³/mol. The molecule has 0 aliphatic carbocycles. The molecule has 1 fully saturated rings. The third kappa shape index (κ3) is 5.32. The van der Waals surface area contributed by atoms with Gasteiger partial charge < -0.3 is 15.0 Å². The van der Waals surface area contributed by atoms with Crippen LogP contribution >= 0.6 is 11.6 Å². The summed E-state index contributed by atoms with van der Waals surface area (Å²) in [5.41, 5.74) is 2.22. The zero-order chi connectivity index (χ0) is 25.9. The molecule has 1 aliphatic rings. The van der Waals surface area contributed by atoms with Gasteiger partial charge in [-0.3, -0.25) is 13.9 Å². The van der Waals surface area contributed by atoms with Gasteiger partial charge in [-0.05, 0) is 61.4 Å². The van der Waals surface area contributed by atoms with E-state index in [4.69, 9.17) is 16.3 Å². The van der Waals surface area contributed by atoms with Crippen molar-refractivity contribution in [2.24, 2.45) is 0 Å². The van der Waals surface area contributed by atoms with Gasteiger partial charge in [0.25, 0.3) is 10.0 Å². The molecule has 0 saturated carbocycles. The molecule has 8 nitrogen and oxygen atoms in total. The Morgan fingerprint density at radius 2 is 1.86 bits per heavy atom. The molecule has 0 aromatic heterocycles. The van der Waals surface area contributed by atoms with E-state index in [0.29, 0.717) is 18.7 Å². The van der Waals surface area contributed by atoms with Crippen LogP contribution in [0.3, 0.4) is 0 Å². The molecule has 2 amide bonds. The fraction of sp³-hybridized carbons (Fsp3) is 0.231. The van der Waals surface area contributed by atoms with Gasteiger partial charge in [0, 0.05) is 29.4 Å². The van der Waals surface area contributed by atoms with Crippen molar-refractivity contribution in [3.8, 4) is 5.75 Å². The molecule has 1 aliphatic heterocycles. The van der Waals surface area contributed by atoms with Gasteiger partial charge in [-0.1, -0.05) is 35.9 Å². The number of amides is 2. The highest BCUT2D eigenvalue weighted by Gasteiger charge is 2.30. The van der Waals surface area contributed by atoms with Crippen LogP contribution in [0.5, 0.6) is 5.75 Å². The van der Waals surface area contributed by atoms with Crippen molar-refractivity contribution in [2.45, 2.75) is 24.7 Å². The first-order valence-electron chi connectivity index (χ1n) is 11.3. The summed E-state index contributed by atoms with van der Waals surface area (Å²) in [6.07, 6.45) is 1.27. The number of hydrogen-bond acceptors (Lipinski definition) is 5. The molecule has 0 spiro atoms. The van der Waals surface area contributed by atoms with Crippen molar-refractivity contribution in [1.82, 2.24) is 0 Å². The van der Waals surface area contributed by atoms with Crippen molar-refractivity contribution < 1.29 is 22.7 Å². The Hall–Kier alpha value is -3.56. The Morgan fingerprint density at radius 1 is 1.11 bits per heavy atom. The fourth-order valence-electron chi connectivity index (χ4n) is 4.09. The largest absolute Gasteiger partial charge is 0.495 e. The van der Waals surface area contributed by atoms with E-state index in [1.807, 2.05) is 13.0 Å². The molecular formula is C26H26ClN3O5S. The van der Waals surface area contributed by atoms with Crippen LogP contribution in [0.15, 0.2) is 71.6 Å². The van der Waals surface area contributed by atoms with Gasteiger partial charge in [0.05, 0.1) is 17.7 Å². The standard InChI is InChI=1S/C26H26ClN3O5S/c1-18-10-12-20(16-22(18)29-14-6-9-26(29)32)28-25(31)17-30(23-15-19(27)11-13-24(23)35-2)36(33,34)21-7-4-3-5-8-21/h3-5,7-8,10-13,15-16H,6,9,14,17H2,1-2H3,(H,28,31). The van der Waals surface area contributed by atoms with Crippen LogP contribution in [0.4, 0.5) is 17.1 Å². The van der Waals surface area contributed by atoms with Gasteiger partial charge in [-0.2, -0.15) is 0 Å². The number of anilines is 3. The number of ether oxygens (including phenoxy) is 1. The number of carbonyl (C=O) groups is 2. The number of carbonyl (C=O) groups excluding carboxylic acids is 2. The lowest BCUT2D eigenvalue weighted by molar-refractivity contribution is -0.117. The van der Waals surface area contributed by atoms with E-state index in [1.165, 1.54) is 25.3 Å². The van der Waals surface area contributed by atoms with Crippen LogP contribution in [-0.4, -0.2) is 40.4 Å². The van der Waals surface area contributed by atoms with Crippen LogP contribution in [0.1, 0.15) is 18.4 Å². The first-order valence-corrected chi connectivity index (χ1v) is 13.1. The number of rotatable bonds is 8. The van der Waals surface area contributed by atoms with Crippen LogP contribution in [0.2, 0.25) is 5.02 Å². The topological polar surface area (TPSA) is 96.0 Å². The average Bonchev–Trinajstić information content (AvgIpc) is 3.29. The number of sulfonamides is 1. The number of benzene rings is 3. The third-order valence-electron chi connectivity index (χ3n) is 5.89. The number of nitrogens with one attached hydrogen (secondary N) is 1. The highest BCUT2D eigenvalue weighted by molar-refractivity contribution is 7.92. The Labute approximate surface area is 215 Å². The minimum atomic E-state index is -4.15. The summed E-state index contributed by atoms with van der Waals surface area (Å²) in [5, 5.41) is 3.06. The van der Waals surface area contributed by atoms with Gasteiger partial charge in [0.15, 0.2) is 0 Å². The van der Waals surface area contributed by atoms with Crippen LogP contribution in [-0.2, 0) is 19.6 Å². The lowest BCUT2D eigenvalue weighted by Crippen LogP contribution is -2.38. The second kappa shape index (κ2) is 10.6. The predicted octanol–water partition coefficient (Wildman–Crippen LogP) is 4.62. The van der Waals surface area contributed by atoms with E-state index < -0.39 is 22.5 Å². The van der Waals surface area contributed by atoms with E-state index in [1.54, 1.807) is 47.4 Å². The minimum Gasteiger partial charge on any atom is -0.495 e. The fourth-order valence-corrected chi connectivity index (χ4v) is 5.70. The molecule has 3 aromatic carbocycles. The SMILES string of the molecule is COc1ccc(Cl)cc1N(CC(=O)Nc1ccc(C)c(N2CCCC2=O)c1)S(=O)(=O)c1ccccc1. The van der Waals surface area contributed by atoms with Crippen molar-refractivity contribution >= 4 is 50.5 Å². The Balaban J connectivity index is 1.67. The Bertz CT molecular complexity index is 1400. The monoisotopic (exact) mass is 527 g/mol. The molecule has 1 N–H and O–H groups in total. The maximum atomic E-state index is 13.6. The second-order valence-corrected chi connectivity index (χ2v) is 10.6. The summed E-state index contributed by atoms with van der Waals surface area (Å²) in [5.74, 6) is -0.286. The van der Waals surface area contributed by atoms with Crippen LogP contribution in [0, 0.1) is 6.92 Å². The summed E-state index contributed by atoms with van der Waals surface area (Å²) in [4.78, 5) is 27.1. The number of nitrogens with zero attached hydrogens (tertiary/aromatic N) is 2. The van der Waals surface area contributed by atoms with Crippen molar-refractivity contribution in [1.29, 1.82) is 0 Å². The zero-order valence-electron chi connectivity index (χ0n) is 19.9. The summed E-state index contributed by atoms with van der Waals surface area (Å²) in [6.45, 7) is 1.99. The zero-order valence-corrected chi connectivity index (χ0v) is 21.5. The summed E-state index contributed by atoms with van der Waals surface area (Å²) < 4.78 is 33.6. The Morgan fingerprint density at radius 3 is 2.53 bits per heavy atom. The summed E-state index contributed by atoms with van der Waals surface area (Å²) in [7, 11) is -2.73. The number of hydrogen-bond donors (Lipinski definition) is 1. The van der Waals surface area contributed by atoms with Gasteiger partial charge in [0.2, 0.25) is 11.8 Å². The highest BCUT2D eigenvalue weighted by Crippen LogP contribution is 2.35. The minimum absolute atomic E-state index is 0.0185. The number of aryl methyl sites for hydroxylation is 1. The molecule has 1 heterocycles. The van der Waals surface area contributed by atoms with Gasteiger partial charge in [-0.15, -0.1) is 0 Å². The Kier molecular flexibility index (Phi) is 7.51. The molecule has 3 aromatic rings. The van der Waals surface area contributed by atoms with E-state index in [-0.39, 0.29) is 27.3 Å². The van der Waals surface area contributed by atoms with Crippen molar-refractivity contribution in [3.63, 3.8) is 0 Å². The number of methoxy groups -OCH3 is 1. The van der Waals surface area contributed by atoms with Crippen molar-refractivity contribution in [2.75, 3.05) is 34.7 Å². The normalized spacial score (nSPS) is 13.5. The molecular weight excluding hydrogens is 502 g/mol. The first-order chi connectivity index (χ1) is 17.2. The van der Waals surface area contributed by atoms with E-state index in [9.17, 15) is 18.0 Å². The van der Waals surface area contributed by atoms with Crippen LogP contribution in [0.25, 0.3) is 0 Å². The van der Waals surface area contributed by atoms with E-state index >= 15 is 0 Å². The molecule has 36 heavy (non-hydrogen) atoms. The highest BCUT2D eigenvalue weighted by atomic mass is 35.5. The molecule has 0 unspecified atom stereocenters. The third-order valence-corrected chi connectivity index (χ3v) is 7.89. The molecule has 0 bridgehead atoms. The molecule has 10 heteroatoms. The summed E-state index contributed by atoms with van der Waals surface area (Å²) >= 11 is 6.18. The van der Waals surface area contributed by atoms with Gasteiger partial charge in [0.1, 0.15) is 12.3 Å². The van der Waals surface area contributed by atoms with Crippen molar-refractivity contribution in [3.05, 3.63) is 77.3 Å². The van der Waals surface area contributed by atoms with E-state index in [0.717, 1.165) is 22.0 Å². The molecule has 4 rings (SSSR count). The average molecular weight is 528 g/mol. The molecule has 188 valence electrons. The lowest BCUT2D eigenvalue weighted by Gasteiger charge is -2.26. The molecule has 0 radical (unpaired) electrons. The summed E-state index contributed by atoms with van der Waals surface area (Å²) in [6, 6.07) is 17.6. The smallest absolute Gasteiger partial charge is 0.264 e. The molecule has 0 atom stereocenters. The van der Waals surface area contributed by atoms with E-state index in [2.05, 4.69) is 5.32 Å². The molecule has 1 saturated heterocycles. The maximum Gasteiger partial charge on any atom is 0.264 e. The lowest BCUT2D eigenvalue weighted by atomic mass is 10.1. The van der Waals surface area contributed by atoms with Crippen LogP contribution < -0.4 is 19.3 Å². The first kappa shape index (κ1) is 25.5. The van der Waals surface area contributed by atoms with Gasteiger partial charge >= 0.3 is 0 Å². The quantitative estimate of drug-likeness (QED) is 0.461.